The molecule has 20 heavy (non-hydrogen) atoms. The van der Waals surface area contributed by atoms with E-state index < -0.39 is 0 Å². The van der Waals surface area contributed by atoms with Gasteiger partial charge in [-0.25, -0.2) is 0 Å². The number of furan rings is 1. The number of rotatable bonds is 4. The summed E-state index contributed by atoms with van der Waals surface area (Å²) in [5.41, 5.74) is -0.356. The SMILES string of the molecule is CC(C)(C)C(=O)NC[C@H](c1ccco1)N1CCSCC1. The zero-order valence-corrected chi connectivity index (χ0v) is 13.3. The molecule has 2 heterocycles. The number of nitrogens with zero attached hydrogens (tertiary/aromatic N) is 1. The molecule has 1 aliphatic rings. The third-order valence-electron chi connectivity index (χ3n) is 3.50. The Morgan fingerprint density at radius 3 is 2.70 bits per heavy atom. The number of amides is 1. The molecule has 0 radical (unpaired) electrons. The van der Waals surface area contributed by atoms with E-state index in [0.717, 1.165) is 30.4 Å². The van der Waals surface area contributed by atoms with Crippen LogP contribution in [0.1, 0.15) is 32.6 Å². The lowest BCUT2D eigenvalue weighted by Crippen LogP contribution is -2.44. The Morgan fingerprint density at radius 2 is 2.15 bits per heavy atom. The van der Waals surface area contributed by atoms with Gasteiger partial charge in [-0.15, -0.1) is 0 Å². The first-order chi connectivity index (χ1) is 9.48. The van der Waals surface area contributed by atoms with Gasteiger partial charge in [0, 0.05) is 36.6 Å². The van der Waals surface area contributed by atoms with Gasteiger partial charge in [0.1, 0.15) is 5.76 Å². The van der Waals surface area contributed by atoms with E-state index in [0.29, 0.717) is 6.54 Å². The maximum absolute atomic E-state index is 12.1. The molecule has 0 aromatic carbocycles. The molecule has 0 unspecified atom stereocenters. The second-order valence-corrected chi connectivity index (χ2v) is 7.36. The maximum Gasteiger partial charge on any atom is 0.225 e. The van der Waals surface area contributed by atoms with E-state index in [9.17, 15) is 4.79 Å². The molecule has 112 valence electrons. The van der Waals surface area contributed by atoms with E-state index in [1.807, 2.05) is 44.7 Å². The minimum Gasteiger partial charge on any atom is -0.468 e. The second kappa shape index (κ2) is 6.68. The third-order valence-corrected chi connectivity index (χ3v) is 4.44. The van der Waals surface area contributed by atoms with Crippen LogP contribution >= 0.6 is 11.8 Å². The zero-order chi connectivity index (χ0) is 14.6. The summed E-state index contributed by atoms with van der Waals surface area (Å²) in [5, 5.41) is 3.06. The topological polar surface area (TPSA) is 45.5 Å². The van der Waals surface area contributed by atoms with Gasteiger partial charge in [-0.2, -0.15) is 11.8 Å². The van der Waals surface area contributed by atoms with E-state index in [1.165, 1.54) is 0 Å². The highest BCUT2D eigenvalue weighted by Crippen LogP contribution is 2.24. The summed E-state index contributed by atoms with van der Waals surface area (Å²) in [6.07, 6.45) is 1.70. The van der Waals surface area contributed by atoms with Crippen molar-refractivity contribution in [2.75, 3.05) is 31.1 Å². The molecule has 1 aliphatic heterocycles. The van der Waals surface area contributed by atoms with Crippen molar-refractivity contribution in [1.29, 1.82) is 0 Å². The van der Waals surface area contributed by atoms with Gasteiger partial charge in [-0.1, -0.05) is 20.8 Å². The van der Waals surface area contributed by atoms with Crippen molar-refractivity contribution in [3.63, 3.8) is 0 Å². The molecule has 0 saturated carbocycles. The standard InChI is InChI=1S/C15H24N2O2S/c1-15(2,3)14(18)16-11-12(13-5-4-8-19-13)17-6-9-20-10-7-17/h4-5,8,12H,6-7,9-11H2,1-3H3,(H,16,18)/t12-/m1/s1. The number of hydrogen-bond donors (Lipinski definition) is 1. The second-order valence-electron chi connectivity index (χ2n) is 6.14. The van der Waals surface area contributed by atoms with Crippen molar-refractivity contribution in [2.24, 2.45) is 5.41 Å². The fraction of sp³-hybridized carbons (Fsp3) is 0.667. The van der Waals surface area contributed by atoms with Crippen LogP contribution < -0.4 is 5.32 Å². The van der Waals surface area contributed by atoms with Gasteiger partial charge in [0.25, 0.3) is 0 Å². The van der Waals surface area contributed by atoms with Crippen LogP contribution in [0.3, 0.4) is 0 Å². The van der Waals surface area contributed by atoms with Crippen LogP contribution in [0, 0.1) is 5.41 Å². The number of hydrogen-bond acceptors (Lipinski definition) is 4. The average molecular weight is 296 g/mol. The van der Waals surface area contributed by atoms with Crippen molar-refractivity contribution >= 4 is 17.7 Å². The normalized spacial score (nSPS) is 18.8. The van der Waals surface area contributed by atoms with E-state index in [4.69, 9.17) is 4.42 Å². The molecule has 4 nitrogen and oxygen atoms in total. The first kappa shape index (κ1) is 15.4. The van der Waals surface area contributed by atoms with Crippen LogP contribution in [-0.2, 0) is 4.79 Å². The van der Waals surface area contributed by atoms with Crippen molar-refractivity contribution in [1.82, 2.24) is 10.2 Å². The Bertz CT molecular complexity index is 420. The van der Waals surface area contributed by atoms with E-state index in [2.05, 4.69) is 10.2 Å². The average Bonchev–Trinajstić information content (AvgIpc) is 2.93. The molecule has 1 N–H and O–H groups in total. The fourth-order valence-electron chi connectivity index (χ4n) is 2.23. The number of carbonyl (C=O) groups excluding carboxylic acids is 1. The number of nitrogens with one attached hydrogen (secondary N) is 1. The van der Waals surface area contributed by atoms with Gasteiger partial charge >= 0.3 is 0 Å². The van der Waals surface area contributed by atoms with Gasteiger partial charge < -0.3 is 9.73 Å². The third kappa shape index (κ3) is 4.03. The Balaban J connectivity index is 2.02. The molecule has 5 heteroatoms. The zero-order valence-electron chi connectivity index (χ0n) is 12.5. The summed E-state index contributed by atoms with van der Waals surface area (Å²) in [7, 11) is 0. The summed E-state index contributed by atoms with van der Waals surface area (Å²) in [6, 6.07) is 4.04. The molecule has 1 saturated heterocycles. The smallest absolute Gasteiger partial charge is 0.225 e. The van der Waals surface area contributed by atoms with Crippen LogP contribution in [0.4, 0.5) is 0 Å². The minimum atomic E-state index is -0.356. The minimum absolute atomic E-state index is 0.0837. The van der Waals surface area contributed by atoms with Crippen molar-refractivity contribution in [3.05, 3.63) is 24.2 Å². The Labute approximate surface area is 125 Å². The quantitative estimate of drug-likeness (QED) is 0.927. The van der Waals surface area contributed by atoms with Gasteiger partial charge in [0.05, 0.1) is 12.3 Å². The largest absolute Gasteiger partial charge is 0.468 e. The highest BCUT2D eigenvalue weighted by Gasteiger charge is 2.27. The first-order valence-corrected chi connectivity index (χ1v) is 8.27. The van der Waals surface area contributed by atoms with Gasteiger partial charge in [-0.3, -0.25) is 9.69 Å². The van der Waals surface area contributed by atoms with Crippen LogP contribution in [-0.4, -0.2) is 41.9 Å². The van der Waals surface area contributed by atoms with Crippen LogP contribution in [0.5, 0.6) is 0 Å². The van der Waals surface area contributed by atoms with Crippen molar-refractivity contribution < 1.29 is 9.21 Å². The summed E-state index contributed by atoms with van der Waals surface area (Å²) >= 11 is 1.98. The van der Waals surface area contributed by atoms with E-state index >= 15 is 0 Å². The van der Waals surface area contributed by atoms with Gasteiger partial charge in [0.2, 0.25) is 5.91 Å². The predicted octanol–water partition coefficient (Wildman–Crippen LogP) is 2.53. The number of thioether (sulfide) groups is 1. The fourth-order valence-corrected chi connectivity index (χ4v) is 3.17. The summed E-state index contributed by atoms with van der Waals surface area (Å²) in [4.78, 5) is 14.5. The molecule has 1 atom stereocenters. The first-order valence-electron chi connectivity index (χ1n) is 7.12. The monoisotopic (exact) mass is 296 g/mol. The lowest BCUT2D eigenvalue weighted by molar-refractivity contribution is -0.128. The molecular formula is C15H24N2O2S. The number of carbonyl (C=O) groups is 1. The van der Waals surface area contributed by atoms with Gasteiger partial charge in [0.15, 0.2) is 0 Å². The predicted molar refractivity (Wildman–Crippen MR) is 82.8 cm³/mol. The maximum atomic E-state index is 12.1. The Kier molecular flexibility index (Phi) is 5.16. The summed E-state index contributed by atoms with van der Waals surface area (Å²) in [6.45, 7) is 8.49. The molecular weight excluding hydrogens is 272 g/mol. The van der Waals surface area contributed by atoms with E-state index in [1.54, 1.807) is 6.26 Å². The van der Waals surface area contributed by atoms with Crippen LogP contribution in [0.2, 0.25) is 0 Å². The molecule has 2 rings (SSSR count). The van der Waals surface area contributed by atoms with Crippen molar-refractivity contribution in [2.45, 2.75) is 26.8 Å². The Morgan fingerprint density at radius 1 is 1.45 bits per heavy atom. The van der Waals surface area contributed by atoms with Crippen LogP contribution in [0.15, 0.2) is 22.8 Å². The molecule has 1 aromatic rings. The molecule has 0 spiro atoms. The molecule has 1 fully saturated rings. The molecule has 0 bridgehead atoms. The lowest BCUT2D eigenvalue weighted by atomic mass is 9.95. The molecule has 1 aromatic heterocycles. The highest BCUT2D eigenvalue weighted by molar-refractivity contribution is 7.99. The summed E-state index contributed by atoms with van der Waals surface area (Å²) in [5.74, 6) is 3.31. The van der Waals surface area contributed by atoms with Crippen LogP contribution in [0.25, 0.3) is 0 Å². The van der Waals surface area contributed by atoms with Crippen molar-refractivity contribution in [3.8, 4) is 0 Å². The van der Waals surface area contributed by atoms with Gasteiger partial charge in [-0.05, 0) is 12.1 Å². The van der Waals surface area contributed by atoms with E-state index in [-0.39, 0.29) is 17.4 Å². The highest BCUT2D eigenvalue weighted by atomic mass is 32.2. The Hall–Kier alpha value is -0.940. The summed E-state index contributed by atoms with van der Waals surface area (Å²) < 4.78 is 5.57. The molecule has 1 amide bonds. The lowest BCUT2D eigenvalue weighted by Gasteiger charge is -2.33. The molecule has 0 aliphatic carbocycles.